The molecule has 0 amide bonds. The molecule has 5 heteroatoms. The summed E-state index contributed by atoms with van der Waals surface area (Å²) in [5.41, 5.74) is 1.65. The van der Waals surface area contributed by atoms with Crippen LogP contribution in [0.4, 0.5) is 0 Å². The molecule has 0 N–H and O–H groups in total. The highest BCUT2D eigenvalue weighted by molar-refractivity contribution is 5.87. The van der Waals surface area contributed by atoms with E-state index in [1.807, 2.05) is 57.2 Å². The summed E-state index contributed by atoms with van der Waals surface area (Å²) >= 11 is 0. The normalized spacial score (nSPS) is 22.4. The number of hydrogen-bond donors (Lipinski definition) is 0. The molecule has 5 nitrogen and oxygen atoms in total. The lowest BCUT2D eigenvalue weighted by atomic mass is 9.97. The van der Waals surface area contributed by atoms with E-state index in [1.165, 1.54) is 7.11 Å². The quantitative estimate of drug-likeness (QED) is 0.558. The van der Waals surface area contributed by atoms with Crippen LogP contribution < -0.4 is 0 Å². The topological polar surface area (TPSA) is 54.0 Å². The van der Waals surface area contributed by atoms with Crippen molar-refractivity contribution in [2.45, 2.75) is 52.3 Å². The van der Waals surface area contributed by atoms with Crippen molar-refractivity contribution in [3.63, 3.8) is 0 Å². The van der Waals surface area contributed by atoms with E-state index in [9.17, 15) is 4.79 Å². The summed E-state index contributed by atoms with van der Waals surface area (Å²) in [5.74, 6) is -0.997. The molecular formula is C20H28O5. The van der Waals surface area contributed by atoms with Gasteiger partial charge in [-0.05, 0) is 26.3 Å². The molecule has 1 aliphatic heterocycles. The predicted octanol–water partition coefficient (Wildman–Crippen LogP) is 3.48. The number of esters is 1. The minimum Gasteiger partial charge on any atom is -0.466 e. The maximum atomic E-state index is 11.7. The van der Waals surface area contributed by atoms with Crippen molar-refractivity contribution in [1.29, 1.82) is 0 Å². The molecule has 0 aromatic heterocycles. The fourth-order valence-corrected chi connectivity index (χ4v) is 2.96. The van der Waals surface area contributed by atoms with Gasteiger partial charge < -0.3 is 18.9 Å². The van der Waals surface area contributed by atoms with Gasteiger partial charge >= 0.3 is 5.97 Å². The fourth-order valence-electron chi connectivity index (χ4n) is 2.96. The van der Waals surface area contributed by atoms with E-state index in [0.29, 0.717) is 18.8 Å². The smallest absolute Gasteiger partial charge is 0.333 e. The summed E-state index contributed by atoms with van der Waals surface area (Å²) in [7, 11) is 1.38. The van der Waals surface area contributed by atoms with Crippen molar-refractivity contribution >= 4 is 5.97 Å². The van der Waals surface area contributed by atoms with E-state index >= 15 is 0 Å². The second-order valence-electron chi connectivity index (χ2n) is 6.83. The minimum atomic E-state index is -0.625. The zero-order valence-corrected chi connectivity index (χ0v) is 15.7. The van der Waals surface area contributed by atoms with Gasteiger partial charge in [-0.1, -0.05) is 43.3 Å². The molecule has 1 heterocycles. The van der Waals surface area contributed by atoms with Gasteiger partial charge in [0.25, 0.3) is 0 Å². The van der Waals surface area contributed by atoms with Crippen LogP contribution in [0.25, 0.3) is 0 Å². The summed E-state index contributed by atoms with van der Waals surface area (Å²) in [5, 5.41) is 0. The lowest BCUT2D eigenvalue weighted by Crippen LogP contribution is -2.37. The molecule has 0 spiro atoms. The highest BCUT2D eigenvalue weighted by atomic mass is 16.7. The Morgan fingerprint density at radius 3 is 2.60 bits per heavy atom. The molecule has 1 saturated heterocycles. The van der Waals surface area contributed by atoms with Crippen molar-refractivity contribution in [1.82, 2.24) is 0 Å². The molecule has 3 atom stereocenters. The Hall–Kier alpha value is -1.69. The Balaban J connectivity index is 2.12. The summed E-state index contributed by atoms with van der Waals surface area (Å²) in [6, 6.07) is 9.98. The van der Waals surface area contributed by atoms with Crippen molar-refractivity contribution in [3.8, 4) is 0 Å². The van der Waals surface area contributed by atoms with Crippen LogP contribution in [0, 0.1) is 5.92 Å². The van der Waals surface area contributed by atoms with Crippen LogP contribution in [-0.2, 0) is 30.3 Å². The molecule has 138 valence electrons. The Morgan fingerprint density at radius 2 is 2.04 bits per heavy atom. The molecule has 2 rings (SSSR count). The third kappa shape index (κ3) is 5.66. The Kier molecular flexibility index (Phi) is 6.76. The number of rotatable bonds is 7. The number of benzene rings is 1. The summed E-state index contributed by atoms with van der Waals surface area (Å²) in [4.78, 5) is 11.7. The maximum absolute atomic E-state index is 11.7. The van der Waals surface area contributed by atoms with Gasteiger partial charge in [-0.25, -0.2) is 4.79 Å². The molecule has 1 aromatic rings. The largest absolute Gasteiger partial charge is 0.466 e. The van der Waals surface area contributed by atoms with Crippen LogP contribution >= 0.6 is 0 Å². The molecule has 0 unspecified atom stereocenters. The first kappa shape index (κ1) is 19.6. The number of hydrogen-bond acceptors (Lipinski definition) is 5. The Labute approximate surface area is 149 Å². The van der Waals surface area contributed by atoms with Gasteiger partial charge in [-0.15, -0.1) is 0 Å². The SMILES string of the molecule is COC(=O)/C(C)=C/[C@@H](C)[C@H](OCc1ccccc1)[C@H]1COC(C)(C)O1. The number of methoxy groups -OCH3 is 1. The van der Waals surface area contributed by atoms with Crippen LogP contribution in [0.15, 0.2) is 42.0 Å². The first-order valence-corrected chi connectivity index (χ1v) is 8.56. The van der Waals surface area contributed by atoms with Crippen LogP contribution in [0.5, 0.6) is 0 Å². The first-order valence-electron chi connectivity index (χ1n) is 8.56. The highest BCUT2D eigenvalue weighted by Crippen LogP contribution is 2.29. The lowest BCUT2D eigenvalue weighted by Gasteiger charge is -2.28. The standard InChI is InChI=1S/C20H28O5/c1-14(11-15(2)19(21)22-5)18(17-13-24-20(3,4)25-17)23-12-16-9-7-6-8-10-16/h6-11,14,17-18H,12-13H2,1-5H3/b15-11+/t14-,17-,18+/m1/s1. The highest BCUT2D eigenvalue weighted by Gasteiger charge is 2.39. The van der Waals surface area contributed by atoms with Gasteiger partial charge in [0, 0.05) is 11.5 Å². The van der Waals surface area contributed by atoms with Gasteiger partial charge in [0.1, 0.15) is 6.10 Å². The van der Waals surface area contributed by atoms with Gasteiger partial charge in [-0.3, -0.25) is 0 Å². The van der Waals surface area contributed by atoms with E-state index in [2.05, 4.69) is 0 Å². The van der Waals surface area contributed by atoms with Crippen LogP contribution in [0.1, 0.15) is 33.3 Å². The molecule has 1 aromatic carbocycles. The zero-order valence-electron chi connectivity index (χ0n) is 15.7. The van der Waals surface area contributed by atoms with E-state index < -0.39 is 5.79 Å². The molecular weight excluding hydrogens is 320 g/mol. The number of carbonyl (C=O) groups is 1. The molecule has 25 heavy (non-hydrogen) atoms. The van der Waals surface area contributed by atoms with E-state index in [4.69, 9.17) is 18.9 Å². The minimum absolute atomic E-state index is 0.0367. The Bertz CT molecular complexity index is 593. The second kappa shape index (κ2) is 8.61. The second-order valence-corrected chi connectivity index (χ2v) is 6.83. The number of ether oxygens (including phenoxy) is 4. The zero-order chi connectivity index (χ0) is 18.4. The monoisotopic (exact) mass is 348 g/mol. The van der Waals surface area contributed by atoms with Crippen molar-refractivity contribution in [3.05, 3.63) is 47.5 Å². The third-order valence-electron chi connectivity index (χ3n) is 4.22. The lowest BCUT2D eigenvalue weighted by molar-refractivity contribution is -0.161. The molecule has 0 bridgehead atoms. The molecule has 0 aliphatic carbocycles. The van der Waals surface area contributed by atoms with Crippen LogP contribution in [-0.4, -0.2) is 37.7 Å². The molecule has 0 saturated carbocycles. The third-order valence-corrected chi connectivity index (χ3v) is 4.22. The molecule has 0 radical (unpaired) electrons. The van der Waals surface area contributed by atoms with Gasteiger partial charge in [0.05, 0.1) is 26.4 Å². The van der Waals surface area contributed by atoms with Crippen molar-refractivity contribution in [2.24, 2.45) is 5.92 Å². The maximum Gasteiger partial charge on any atom is 0.333 e. The van der Waals surface area contributed by atoms with Crippen LogP contribution in [0.2, 0.25) is 0 Å². The average Bonchev–Trinajstić information content (AvgIpc) is 2.94. The Morgan fingerprint density at radius 1 is 1.36 bits per heavy atom. The van der Waals surface area contributed by atoms with Gasteiger partial charge in [0.2, 0.25) is 0 Å². The number of carbonyl (C=O) groups excluding carboxylic acids is 1. The van der Waals surface area contributed by atoms with E-state index in [0.717, 1.165) is 5.56 Å². The summed E-state index contributed by atoms with van der Waals surface area (Å²) in [6.07, 6.45) is 1.44. The predicted molar refractivity (Wildman–Crippen MR) is 94.9 cm³/mol. The first-order chi connectivity index (χ1) is 11.8. The fraction of sp³-hybridized carbons (Fsp3) is 0.550. The van der Waals surface area contributed by atoms with Gasteiger partial charge in [-0.2, -0.15) is 0 Å². The van der Waals surface area contributed by atoms with Gasteiger partial charge in [0.15, 0.2) is 5.79 Å². The average molecular weight is 348 g/mol. The molecule has 1 aliphatic rings. The van der Waals surface area contributed by atoms with E-state index in [-0.39, 0.29) is 24.1 Å². The summed E-state index contributed by atoms with van der Waals surface area (Å²) < 4.78 is 22.6. The van der Waals surface area contributed by atoms with Crippen LogP contribution in [0.3, 0.4) is 0 Å². The van der Waals surface area contributed by atoms with Crippen molar-refractivity contribution in [2.75, 3.05) is 13.7 Å². The molecule has 1 fully saturated rings. The summed E-state index contributed by atoms with van der Waals surface area (Å²) in [6.45, 7) is 8.47. The van der Waals surface area contributed by atoms with E-state index in [1.54, 1.807) is 6.92 Å². The van der Waals surface area contributed by atoms with Crippen molar-refractivity contribution < 1.29 is 23.7 Å².